The summed E-state index contributed by atoms with van der Waals surface area (Å²) in [5.41, 5.74) is 3.90. The summed E-state index contributed by atoms with van der Waals surface area (Å²) >= 11 is 0. The molecule has 0 aliphatic carbocycles. The molecule has 1 atom stereocenters. The third-order valence-corrected chi connectivity index (χ3v) is 6.06. The molecule has 0 aromatic heterocycles. The summed E-state index contributed by atoms with van der Waals surface area (Å²) in [5, 5.41) is 3.70. The van der Waals surface area contributed by atoms with Crippen LogP contribution in [0.2, 0.25) is 0 Å². The number of nitrogens with one attached hydrogen (secondary N) is 1. The number of benzene rings is 2. The molecule has 2 aliphatic heterocycles. The number of ether oxygens (including phenoxy) is 2. The third-order valence-electron chi connectivity index (χ3n) is 6.06. The number of para-hydroxylation sites is 1. The monoisotopic (exact) mass is 395 g/mol. The molecule has 29 heavy (non-hydrogen) atoms. The van der Waals surface area contributed by atoms with Crippen molar-refractivity contribution in [1.82, 2.24) is 10.2 Å². The van der Waals surface area contributed by atoms with Gasteiger partial charge in [0.05, 0.1) is 26.4 Å². The molecule has 1 unspecified atom stereocenters. The highest BCUT2D eigenvalue weighted by atomic mass is 16.5. The first-order valence-corrected chi connectivity index (χ1v) is 10.8. The number of nitrogens with zero attached hydrogens (tertiary/aromatic N) is 2. The van der Waals surface area contributed by atoms with Crippen molar-refractivity contribution in [3.05, 3.63) is 59.7 Å². The van der Waals surface area contributed by atoms with Gasteiger partial charge < -0.3 is 19.7 Å². The van der Waals surface area contributed by atoms with Crippen LogP contribution in [0.25, 0.3) is 0 Å². The van der Waals surface area contributed by atoms with Gasteiger partial charge in [-0.25, -0.2) is 0 Å². The van der Waals surface area contributed by atoms with Gasteiger partial charge in [-0.05, 0) is 49.7 Å². The number of methoxy groups -OCH3 is 1. The minimum Gasteiger partial charge on any atom is -0.496 e. The van der Waals surface area contributed by atoms with E-state index < -0.39 is 0 Å². The van der Waals surface area contributed by atoms with E-state index in [0.717, 1.165) is 45.1 Å². The summed E-state index contributed by atoms with van der Waals surface area (Å²) in [7, 11) is 1.77. The average Bonchev–Trinajstić information content (AvgIpc) is 3.32. The zero-order valence-electron chi connectivity index (χ0n) is 17.5. The van der Waals surface area contributed by atoms with Crippen LogP contribution in [0.4, 0.5) is 5.69 Å². The molecule has 0 radical (unpaired) electrons. The van der Waals surface area contributed by atoms with Gasteiger partial charge in [-0.3, -0.25) is 4.90 Å². The highest BCUT2D eigenvalue weighted by Gasteiger charge is 2.25. The fourth-order valence-corrected chi connectivity index (χ4v) is 4.43. The van der Waals surface area contributed by atoms with E-state index >= 15 is 0 Å². The lowest BCUT2D eigenvalue weighted by Gasteiger charge is -2.30. The Morgan fingerprint density at radius 2 is 1.69 bits per heavy atom. The Labute approximate surface area is 174 Å². The molecule has 2 aromatic rings. The Morgan fingerprint density at radius 1 is 0.966 bits per heavy atom. The summed E-state index contributed by atoms with van der Waals surface area (Å²) in [6, 6.07) is 17.8. The van der Waals surface area contributed by atoms with Gasteiger partial charge in [-0.2, -0.15) is 0 Å². The summed E-state index contributed by atoms with van der Waals surface area (Å²) in [6.45, 7) is 7.74. The van der Waals surface area contributed by atoms with Gasteiger partial charge in [-0.1, -0.05) is 30.3 Å². The molecule has 5 nitrogen and oxygen atoms in total. The Bertz CT molecular complexity index is 753. The van der Waals surface area contributed by atoms with Gasteiger partial charge in [0.2, 0.25) is 0 Å². The maximum atomic E-state index is 5.65. The maximum Gasteiger partial charge on any atom is 0.123 e. The Balaban J connectivity index is 1.37. The quantitative estimate of drug-likeness (QED) is 0.741. The second kappa shape index (κ2) is 10.1. The van der Waals surface area contributed by atoms with Gasteiger partial charge >= 0.3 is 0 Å². The van der Waals surface area contributed by atoms with Crippen LogP contribution in [0, 0.1) is 0 Å². The highest BCUT2D eigenvalue weighted by Crippen LogP contribution is 2.31. The molecule has 156 valence electrons. The number of likely N-dealkylation sites (tertiary alicyclic amines) is 1. The van der Waals surface area contributed by atoms with Crippen molar-refractivity contribution in [2.45, 2.75) is 25.4 Å². The van der Waals surface area contributed by atoms with Crippen LogP contribution in [0.3, 0.4) is 0 Å². The van der Waals surface area contributed by atoms with E-state index in [1.54, 1.807) is 7.11 Å². The molecule has 0 bridgehead atoms. The molecular weight excluding hydrogens is 362 g/mol. The van der Waals surface area contributed by atoms with Crippen LogP contribution >= 0.6 is 0 Å². The predicted molar refractivity (Wildman–Crippen MR) is 118 cm³/mol. The van der Waals surface area contributed by atoms with Crippen molar-refractivity contribution in [2.24, 2.45) is 0 Å². The Morgan fingerprint density at radius 3 is 2.41 bits per heavy atom. The first-order chi connectivity index (χ1) is 14.3. The van der Waals surface area contributed by atoms with Crippen molar-refractivity contribution in [3.63, 3.8) is 0 Å². The van der Waals surface area contributed by atoms with Crippen LogP contribution in [-0.4, -0.2) is 57.9 Å². The van der Waals surface area contributed by atoms with Crippen molar-refractivity contribution < 1.29 is 9.47 Å². The molecule has 2 saturated heterocycles. The molecule has 2 heterocycles. The molecule has 1 N–H and O–H groups in total. The number of hydrogen-bond acceptors (Lipinski definition) is 5. The van der Waals surface area contributed by atoms with E-state index in [0.29, 0.717) is 6.04 Å². The summed E-state index contributed by atoms with van der Waals surface area (Å²) in [4.78, 5) is 4.98. The standard InChI is InChI=1S/C24H33N3O2/c1-28-24-7-3-2-6-22(24)23(27-12-4-5-13-27)19-25-18-20-8-10-21(11-9-20)26-14-16-29-17-15-26/h2-3,6-11,23,25H,4-5,12-19H2,1H3. The lowest BCUT2D eigenvalue weighted by molar-refractivity contribution is 0.122. The second-order valence-corrected chi connectivity index (χ2v) is 7.90. The molecular formula is C24H33N3O2. The number of hydrogen-bond donors (Lipinski definition) is 1. The van der Waals surface area contributed by atoms with Gasteiger partial charge in [0.25, 0.3) is 0 Å². The average molecular weight is 396 g/mol. The van der Waals surface area contributed by atoms with Gasteiger partial charge in [-0.15, -0.1) is 0 Å². The smallest absolute Gasteiger partial charge is 0.123 e. The molecule has 0 saturated carbocycles. The van der Waals surface area contributed by atoms with Crippen LogP contribution in [0.1, 0.15) is 30.0 Å². The lowest BCUT2D eigenvalue weighted by Crippen LogP contribution is -2.36. The number of morpholine rings is 1. The van der Waals surface area contributed by atoms with Gasteiger partial charge in [0.15, 0.2) is 0 Å². The highest BCUT2D eigenvalue weighted by molar-refractivity contribution is 5.48. The van der Waals surface area contributed by atoms with E-state index in [1.807, 2.05) is 6.07 Å². The fourth-order valence-electron chi connectivity index (χ4n) is 4.43. The van der Waals surface area contributed by atoms with E-state index in [9.17, 15) is 0 Å². The fraction of sp³-hybridized carbons (Fsp3) is 0.500. The summed E-state index contributed by atoms with van der Waals surface area (Å²) < 4.78 is 11.1. The van der Waals surface area contributed by atoms with Crippen molar-refractivity contribution >= 4 is 5.69 Å². The first kappa shape index (κ1) is 20.2. The summed E-state index contributed by atoms with van der Waals surface area (Å²) in [6.07, 6.45) is 2.57. The molecule has 2 fully saturated rings. The molecule has 2 aromatic carbocycles. The normalized spacial score (nSPS) is 18.7. The van der Waals surface area contributed by atoms with Crippen molar-refractivity contribution in [2.75, 3.05) is 57.9 Å². The zero-order chi connectivity index (χ0) is 19.9. The lowest BCUT2D eigenvalue weighted by atomic mass is 10.0. The van der Waals surface area contributed by atoms with Crippen molar-refractivity contribution in [1.29, 1.82) is 0 Å². The molecule has 5 heteroatoms. The number of anilines is 1. The second-order valence-electron chi connectivity index (χ2n) is 7.90. The van der Waals surface area contributed by atoms with Crippen LogP contribution in [-0.2, 0) is 11.3 Å². The molecule has 4 rings (SSSR count). The Kier molecular flexibility index (Phi) is 7.04. The van der Waals surface area contributed by atoms with Crippen LogP contribution < -0.4 is 15.0 Å². The molecule has 2 aliphatic rings. The topological polar surface area (TPSA) is 37.0 Å². The van der Waals surface area contributed by atoms with E-state index in [4.69, 9.17) is 9.47 Å². The Hall–Kier alpha value is -2.08. The number of rotatable bonds is 8. The van der Waals surface area contributed by atoms with Crippen LogP contribution in [0.15, 0.2) is 48.5 Å². The van der Waals surface area contributed by atoms with E-state index in [1.165, 1.54) is 42.7 Å². The zero-order valence-corrected chi connectivity index (χ0v) is 17.5. The molecule has 0 amide bonds. The largest absolute Gasteiger partial charge is 0.496 e. The minimum absolute atomic E-state index is 0.348. The SMILES string of the molecule is COc1ccccc1C(CNCc1ccc(N2CCOCC2)cc1)N1CCCC1. The van der Waals surface area contributed by atoms with E-state index in [2.05, 4.69) is 57.6 Å². The van der Waals surface area contributed by atoms with Crippen LogP contribution in [0.5, 0.6) is 5.75 Å². The van der Waals surface area contributed by atoms with Gasteiger partial charge in [0, 0.05) is 37.4 Å². The summed E-state index contributed by atoms with van der Waals surface area (Å²) in [5.74, 6) is 0.987. The van der Waals surface area contributed by atoms with E-state index in [-0.39, 0.29) is 0 Å². The predicted octanol–water partition coefficient (Wildman–Crippen LogP) is 3.46. The van der Waals surface area contributed by atoms with Crippen molar-refractivity contribution in [3.8, 4) is 5.75 Å². The molecule has 0 spiro atoms. The maximum absolute atomic E-state index is 5.65. The first-order valence-electron chi connectivity index (χ1n) is 10.8. The van der Waals surface area contributed by atoms with Gasteiger partial charge in [0.1, 0.15) is 5.75 Å². The third kappa shape index (κ3) is 5.10. The minimum atomic E-state index is 0.348.